The van der Waals surface area contributed by atoms with Gasteiger partial charge in [0, 0.05) is 24.4 Å². The first kappa shape index (κ1) is 20.6. The highest BCUT2D eigenvalue weighted by molar-refractivity contribution is 5.99. The SMILES string of the molecule is CC1(C)C=CCN2CN1C(=O)c1c(O)c(=O)c(C(=O)NCc3ccc(F)cc3F)cn12. The minimum atomic E-state index is -1.01. The van der Waals surface area contributed by atoms with Crippen molar-refractivity contribution in [1.82, 2.24) is 14.9 Å². The highest BCUT2D eigenvalue weighted by Crippen LogP contribution is 2.29. The summed E-state index contributed by atoms with van der Waals surface area (Å²) < 4.78 is 28.1. The first-order chi connectivity index (χ1) is 14.6. The van der Waals surface area contributed by atoms with Crippen LogP contribution >= 0.6 is 0 Å². The van der Waals surface area contributed by atoms with Gasteiger partial charge in [-0.05, 0) is 19.9 Å². The Kier molecular flexibility index (Phi) is 4.79. The number of hydrogen-bond acceptors (Lipinski definition) is 5. The van der Waals surface area contributed by atoms with Gasteiger partial charge in [-0.15, -0.1) is 0 Å². The van der Waals surface area contributed by atoms with Crippen LogP contribution in [0.25, 0.3) is 0 Å². The number of hydrogen-bond donors (Lipinski definition) is 2. The maximum Gasteiger partial charge on any atom is 0.278 e. The number of halogens is 2. The molecule has 2 aliphatic rings. The number of carbonyl (C=O) groups excluding carboxylic acids is 2. The molecule has 162 valence electrons. The first-order valence-corrected chi connectivity index (χ1v) is 9.56. The number of benzene rings is 1. The monoisotopic (exact) mass is 430 g/mol. The fourth-order valence-corrected chi connectivity index (χ4v) is 3.67. The van der Waals surface area contributed by atoms with E-state index in [0.29, 0.717) is 12.6 Å². The van der Waals surface area contributed by atoms with E-state index >= 15 is 0 Å². The molecule has 8 nitrogen and oxygen atoms in total. The van der Waals surface area contributed by atoms with Crippen molar-refractivity contribution in [2.24, 2.45) is 0 Å². The summed E-state index contributed by atoms with van der Waals surface area (Å²) >= 11 is 0. The molecular weight excluding hydrogens is 410 g/mol. The first-order valence-electron chi connectivity index (χ1n) is 9.56. The zero-order chi connectivity index (χ0) is 22.5. The maximum absolute atomic E-state index is 13.8. The highest BCUT2D eigenvalue weighted by Gasteiger charge is 2.40. The van der Waals surface area contributed by atoms with Crippen LogP contribution in [0.4, 0.5) is 8.78 Å². The minimum absolute atomic E-state index is 0.0303. The van der Waals surface area contributed by atoms with Crippen LogP contribution in [0.15, 0.2) is 41.3 Å². The molecule has 31 heavy (non-hydrogen) atoms. The lowest BCUT2D eigenvalue weighted by atomic mass is 10.0. The van der Waals surface area contributed by atoms with Crippen molar-refractivity contribution >= 4 is 11.8 Å². The molecule has 2 N–H and O–H groups in total. The summed E-state index contributed by atoms with van der Waals surface area (Å²) in [6, 6.07) is 2.92. The van der Waals surface area contributed by atoms with Gasteiger partial charge in [0.1, 0.15) is 23.9 Å². The maximum atomic E-state index is 13.8. The topological polar surface area (TPSA) is 94.9 Å². The molecule has 2 aliphatic heterocycles. The summed E-state index contributed by atoms with van der Waals surface area (Å²) in [5.74, 6) is -3.82. The second-order valence-corrected chi connectivity index (χ2v) is 7.95. The summed E-state index contributed by atoms with van der Waals surface area (Å²) in [6.07, 6.45) is 4.90. The Labute approximate surface area is 176 Å². The zero-order valence-electron chi connectivity index (χ0n) is 16.9. The van der Waals surface area contributed by atoms with Crippen molar-refractivity contribution in [3.8, 4) is 5.75 Å². The van der Waals surface area contributed by atoms with Crippen molar-refractivity contribution < 1.29 is 23.5 Å². The van der Waals surface area contributed by atoms with E-state index in [4.69, 9.17) is 0 Å². The molecule has 0 radical (unpaired) electrons. The van der Waals surface area contributed by atoms with Gasteiger partial charge >= 0.3 is 0 Å². The van der Waals surface area contributed by atoms with Crippen LogP contribution in [0.5, 0.6) is 5.75 Å². The van der Waals surface area contributed by atoms with E-state index in [1.54, 1.807) is 5.01 Å². The Morgan fingerprint density at radius 2 is 2.00 bits per heavy atom. The van der Waals surface area contributed by atoms with E-state index in [1.807, 2.05) is 26.0 Å². The average molecular weight is 430 g/mol. The number of aromatic nitrogens is 1. The Morgan fingerprint density at radius 1 is 1.26 bits per heavy atom. The van der Waals surface area contributed by atoms with Crippen LogP contribution in [0.2, 0.25) is 0 Å². The molecule has 4 rings (SSSR count). The summed E-state index contributed by atoms with van der Waals surface area (Å²) in [7, 11) is 0. The fraction of sp³-hybridized carbons (Fsp3) is 0.286. The largest absolute Gasteiger partial charge is 0.502 e. The number of rotatable bonds is 3. The van der Waals surface area contributed by atoms with Gasteiger partial charge in [0.15, 0.2) is 11.4 Å². The number of carbonyl (C=O) groups is 2. The molecule has 1 aromatic carbocycles. The molecule has 0 aliphatic carbocycles. The van der Waals surface area contributed by atoms with Crippen LogP contribution in [0.3, 0.4) is 0 Å². The van der Waals surface area contributed by atoms with Gasteiger partial charge in [0.2, 0.25) is 5.43 Å². The summed E-state index contributed by atoms with van der Waals surface area (Å²) in [5.41, 5.74) is -2.24. The normalized spacial score (nSPS) is 16.7. The molecule has 0 fully saturated rings. The standard InChI is InChI=1S/C21H20F2N4O4/c1-21(2)6-3-7-25-11-26(21)20(31)16-18(29)17(28)14(10-27(16)25)19(30)24-9-12-4-5-13(22)8-15(12)23/h3-6,8,10,29H,7,9,11H2,1-2H3,(H,24,30). The second-order valence-electron chi connectivity index (χ2n) is 7.95. The van der Waals surface area contributed by atoms with Crippen LogP contribution in [0, 0.1) is 11.6 Å². The van der Waals surface area contributed by atoms with Gasteiger partial charge in [-0.25, -0.2) is 8.78 Å². The molecule has 2 aromatic rings. The summed E-state index contributed by atoms with van der Waals surface area (Å²) in [6.45, 7) is 3.96. The molecular formula is C21H20F2N4O4. The minimum Gasteiger partial charge on any atom is -0.502 e. The third-order valence-corrected chi connectivity index (χ3v) is 5.46. The van der Waals surface area contributed by atoms with Gasteiger partial charge in [-0.3, -0.25) is 24.1 Å². The van der Waals surface area contributed by atoms with Gasteiger partial charge in [-0.2, -0.15) is 0 Å². The second kappa shape index (κ2) is 7.22. The molecule has 3 heterocycles. The lowest BCUT2D eigenvalue weighted by Gasteiger charge is -2.43. The Hall–Kier alpha value is -3.69. The predicted molar refractivity (Wildman–Crippen MR) is 107 cm³/mol. The quantitative estimate of drug-likeness (QED) is 0.719. The number of pyridine rings is 1. The Balaban J connectivity index is 1.69. The van der Waals surface area contributed by atoms with Crippen LogP contribution < -0.4 is 15.8 Å². The zero-order valence-corrected chi connectivity index (χ0v) is 16.9. The Bertz CT molecular complexity index is 1190. The van der Waals surface area contributed by atoms with Crippen LogP contribution in [-0.4, -0.2) is 45.2 Å². The van der Waals surface area contributed by atoms with E-state index in [-0.39, 0.29) is 24.5 Å². The number of nitrogens with one attached hydrogen (secondary N) is 1. The van der Waals surface area contributed by atoms with Crippen LogP contribution in [0.1, 0.15) is 40.3 Å². The summed E-state index contributed by atoms with van der Waals surface area (Å²) in [4.78, 5) is 39.8. The number of amides is 2. The van der Waals surface area contributed by atoms with Crippen molar-refractivity contribution in [3.63, 3.8) is 0 Å². The van der Waals surface area contributed by atoms with Crippen molar-refractivity contribution in [2.75, 3.05) is 18.2 Å². The van der Waals surface area contributed by atoms with Gasteiger partial charge < -0.3 is 15.3 Å². The highest BCUT2D eigenvalue weighted by atomic mass is 19.1. The Morgan fingerprint density at radius 3 is 2.71 bits per heavy atom. The molecule has 1 aromatic heterocycles. The lowest BCUT2D eigenvalue weighted by Crippen LogP contribution is -2.58. The van der Waals surface area contributed by atoms with Gasteiger partial charge in [0.25, 0.3) is 11.8 Å². The molecule has 0 spiro atoms. The number of nitrogens with zero attached hydrogens (tertiary/aromatic N) is 3. The molecule has 0 saturated carbocycles. The van der Waals surface area contributed by atoms with Gasteiger partial charge in [-0.1, -0.05) is 18.2 Å². The van der Waals surface area contributed by atoms with Gasteiger partial charge in [0.05, 0.1) is 12.1 Å². The number of fused-ring (bicyclic) bond motifs is 4. The third-order valence-electron chi connectivity index (χ3n) is 5.46. The molecule has 2 bridgehead atoms. The smallest absolute Gasteiger partial charge is 0.278 e. The number of aromatic hydroxyl groups is 1. The van der Waals surface area contributed by atoms with E-state index in [9.17, 15) is 28.3 Å². The van der Waals surface area contributed by atoms with E-state index in [2.05, 4.69) is 5.32 Å². The van der Waals surface area contributed by atoms with E-state index in [1.165, 1.54) is 21.8 Å². The van der Waals surface area contributed by atoms with Crippen molar-refractivity contribution in [2.45, 2.75) is 25.9 Å². The van der Waals surface area contributed by atoms with Crippen LogP contribution in [-0.2, 0) is 6.54 Å². The summed E-state index contributed by atoms with van der Waals surface area (Å²) in [5, 5.41) is 14.6. The average Bonchev–Trinajstić information content (AvgIpc) is 2.84. The molecule has 0 unspecified atom stereocenters. The fourth-order valence-electron chi connectivity index (χ4n) is 3.67. The van der Waals surface area contributed by atoms with E-state index in [0.717, 1.165) is 6.07 Å². The van der Waals surface area contributed by atoms with Crippen molar-refractivity contribution in [3.05, 3.63) is 75.2 Å². The third kappa shape index (κ3) is 3.43. The molecule has 2 amide bonds. The molecule has 0 atom stereocenters. The predicted octanol–water partition coefficient (Wildman–Crippen LogP) is 1.46. The van der Waals surface area contributed by atoms with E-state index < -0.39 is 45.7 Å². The molecule has 0 saturated heterocycles. The van der Waals surface area contributed by atoms with Crippen molar-refractivity contribution in [1.29, 1.82) is 0 Å². The molecule has 10 heteroatoms. The lowest BCUT2D eigenvalue weighted by molar-refractivity contribution is 0.0553.